The van der Waals surface area contributed by atoms with Gasteiger partial charge < -0.3 is 24.5 Å². The van der Waals surface area contributed by atoms with E-state index in [0.29, 0.717) is 17.8 Å². The molecule has 0 unspecified atom stereocenters. The summed E-state index contributed by atoms with van der Waals surface area (Å²) in [7, 11) is 0. The van der Waals surface area contributed by atoms with E-state index in [1.807, 2.05) is 0 Å². The number of furan rings is 1. The summed E-state index contributed by atoms with van der Waals surface area (Å²) in [5.74, 6) is -1.69. The molecule has 2 amide bonds. The predicted octanol–water partition coefficient (Wildman–Crippen LogP) is 1.85. The number of anilines is 1. The SMILES string of the molecule is C[C@@H]1CN(C(=O)c2cccc(NC(=O)c3ccco3)c2)C[C@H](C(=O)O)O1. The van der Waals surface area contributed by atoms with E-state index in [1.54, 1.807) is 37.3 Å². The summed E-state index contributed by atoms with van der Waals surface area (Å²) in [6, 6.07) is 9.59. The van der Waals surface area contributed by atoms with Crippen LogP contribution >= 0.6 is 0 Å². The number of morpholine rings is 1. The summed E-state index contributed by atoms with van der Waals surface area (Å²) in [5, 5.41) is 11.8. The van der Waals surface area contributed by atoms with Crippen LogP contribution in [0.3, 0.4) is 0 Å². The lowest BCUT2D eigenvalue weighted by molar-refractivity contribution is -0.160. The van der Waals surface area contributed by atoms with E-state index in [9.17, 15) is 14.4 Å². The topological polar surface area (TPSA) is 109 Å². The van der Waals surface area contributed by atoms with Crippen molar-refractivity contribution in [2.45, 2.75) is 19.1 Å². The fraction of sp³-hybridized carbons (Fsp3) is 0.278. The molecule has 0 aliphatic carbocycles. The molecule has 0 bridgehead atoms. The quantitative estimate of drug-likeness (QED) is 0.863. The molecule has 1 aliphatic heterocycles. The average Bonchev–Trinajstić information content (AvgIpc) is 3.15. The average molecular weight is 358 g/mol. The molecular formula is C18H18N2O6. The van der Waals surface area contributed by atoms with Gasteiger partial charge in [-0.2, -0.15) is 0 Å². The van der Waals surface area contributed by atoms with Crippen molar-refractivity contribution in [3.8, 4) is 0 Å². The Kier molecular flexibility index (Phi) is 5.04. The monoisotopic (exact) mass is 358 g/mol. The number of carboxylic acids is 1. The lowest BCUT2D eigenvalue weighted by Gasteiger charge is -2.35. The van der Waals surface area contributed by atoms with Crippen LogP contribution in [0.1, 0.15) is 27.8 Å². The molecule has 1 aromatic heterocycles. The van der Waals surface area contributed by atoms with Gasteiger partial charge in [0.1, 0.15) is 0 Å². The number of nitrogens with one attached hydrogen (secondary N) is 1. The minimum Gasteiger partial charge on any atom is -0.479 e. The van der Waals surface area contributed by atoms with Crippen molar-refractivity contribution < 1.29 is 28.6 Å². The Hall–Kier alpha value is -3.13. The number of hydrogen-bond acceptors (Lipinski definition) is 5. The van der Waals surface area contributed by atoms with Crippen molar-refractivity contribution in [1.29, 1.82) is 0 Å². The summed E-state index contributed by atoms with van der Waals surface area (Å²) in [6.45, 7) is 1.99. The number of rotatable bonds is 4. The molecule has 136 valence electrons. The zero-order valence-electron chi connectivity index (χ0n) is 14.0. The maximum Gasteiger partial charge on any atom is 0.334 e. The van der Waals surface area contributed by atoms with Crippen molar-refractivity contribution in [1.82, 2.24) is 4.90 Å². The number of ether oxygens (including phenoxy) is 1. The lowest BCUT2D eigenvalue weighted by Crippen LogP contribution is -2.51. The lowest BCUT2D eigenvalue weighted by atomic mass is 10.1. The number of benzene rings is 1. The first-order valence-electron chi connectivity index (χ1n) is 8.06. The Bertz CT molecular complexity index is 817. The van der Waals surface area contributed by atoms with Crippen LogP contribution in [0.4, 0.5) is 5.69 Å². The maximum atomic E-state index is 12.7. The maximum absolute atomic E-state index is 12.7. The van der Waals surface area contributed by atoms with Crippen LogP contribution in [0.2, 0.25) is 0 Å². The summed E-state index contributed by atoms with van der Waals surface area (Å²) in [4.78, 5) is 37.4. The Morgan fingerprint density at radius 3 is 2.69 bits per heavy atom. The van der Waals surface area contributed by atoms with E-state index >= 15 is 0 Å². The van der Waals surface area contributed by atoms with Crippen molar-refractivity contribution in [3.63, 3.8) is 0 Å². The number of carboxylic acid groups (broad SMARTS) is 1. The second kappa shape index (κ2) is 7.40. The smallest absolute Gasteiger partial charge is 0.334 e. The minimum absolute atomic E-state index is 0.0263. The molecule has 2 N–H and O–H groups in total. The third kappa shape index (κ3) is 3.92. The Morgan fingerprint density at radius 1 is 1.19 bits per heavy atom. The molecule has 8 nitrogen and oxygen atoms in total. The summed E-state index contributed by atoms with van der Waals surface area (Å²) in [6.07, 6.45) is -0.0342. The van der Waals surface area contributed by atoms with Gasteiger partial charge in [-0.25, -0.2) is 4.79 Å². The molecule has 0 radical (unpaired) electrons. The highest BCUT2D eigenvalue weighted by molar-refractivity contribution is 6.03. The molecule has 1 aromatic carbocycles. The van der Waals surface area contributed by atoms with Crippen LogP contribution in [0.5, 0.6) is 0 Å². The largest absolute Gasteiger partial charge is 0.479 e. The second-order valence-electron chi connectivity index (χ2n) is 6.00. The van der Waals surface area contributed by atoms with Gasteiger partial charge in [0.15, 0.2) is 11.9 Å². The van der Waals surface area contributed by atoms with Crippen molar-refractivity contribution >= 4 is 23.5 Å². The zero-order valence-corrected chi connectivity index (χ0v) is 14.0. The molecule has 2 heterocycles. The predicted molar refractivity (Wildman–Crippen MR) is 91.0 cm³/mol. The second-order valence-corrected chi connectivity index (χ2v) is 6.00. The van der Waals surface area contributed by atoms with Gasteiger partial charge in [-0.3, -0.25) is 9.59 Å². The molecule has 0 spiro atoms. The van der Waals surface area contributed by atoms with Gasteiger partial charge in [0.2, 0.25) is 0 Å². The molecule has 1 fully saturated rings. The number of hydrogen-bond donors (Lipinski definition) is 2. The highest BCUT2D eigenvalue weighted by Crippen LogP contribution is 2.18. The minimum atomic E-state index is -1.10. The van der Waals surface area contributed by atoms with Crippen LogP contribution in [-0.2, 0) is 9.53 Å². The van der Waals surface area contributed by atoms with Crippen molar-refractivity contribution in [3.05, 3.63) is 54.0 Å². The first-order valence-corrected chi connectivity index (χ1v) is 8.06. The zero-order chi connectivity index (χ0) is 18.7. The van der Waals surface area contributed by atoms with Gasteiger partial charge in [0.05, 0.1) is 18.9 Å². The molecule has 1 aliphatic rings. The van der Waals surface area contributed by atoms with Crippen LogP contribution in [-0.4, -0.2) is 53.1 Å². The summed E-state index contributed by atoms with van der Waals surface area (Å²) in [5.41, 5.74) is 0.786. The van der Waals surface area contributed by atoms with E-state index in [4.69, 9.17) is 14.3 Å². The van der Waals surface area contributed by atoms with Crippen molar-refractivity contribution in [2.24, 2.45) is 0 Å². The third-order valence-electron chi connectivity index (χ3n) is 3.94. The highest BCUT2D eigenvalue weighted by Gasteiger charge is 2.33. The third-order valence-corrected chi connectivity index (χ3v) is 3.94. The van der Waals surface area contributed by atoms with Crippen molar-refractivity contribution in [2.75, 3.05) is 18.4 Å². The van der Waals surface area contributed by atoms with Crippen LogP contribution in [0.25, 0.3) is 0 Å². The highest BCUT2D eigenvalue weighted by atomic mass is 16.5. The van der Waals surface area contributed by atoms with E-state index in [1.165, 1.54) is 17.2 Å². The van der Waals surface area contributed by atoms with Crippen LogP contribution in [0, 0.1) is 0 Å². The molecule has 3 rings (SSSR count). The molecule has 2 aromatic rings. The summed E-state index contributed by atoms with van der Waals surface area (Å²) < 4.78 is 10.4. The summed E-state index contributed by atoms with van der Waals surface area (Å²) >= 11 is 0. The first kappa shape index (κ1) is 17.7. The van der Waals surface area contributed by atoms with Gasteiger partial charge >= 0.3 is 5.97 Å². The van der Waals surface area contributed by atoms with Gasteiger partial charge in [-0.15, -0.1) is 0 Å². The van der Waals surface area contributed by atoms with Gasteiger partial charge in [-0.05, 0) is 37.3 Å². The van der Waals surface area contributed by atoms with E-state index in [2.05, 4.69) is 5.32 Å². The first-order chi connectivity index (χ1) is 12.4. The fourth-order valence-corrected chi connectivity index (χ4v) is 2.77. The Balaban J connectivity index is 1.73. The van der Waals surface area contributed by atoms with Crippen LogP contribution < -0.4 is 5.32 Å². The van der Waals surface area contributed by atoms with E-state index in [0.717, 1.165) is 0 Å². The van der Waals surface area contributed by atoms with Gasteiger partial charge in [0, 0.05) is 17.8 Å². The molecule has 1 saturated heterocycles. The van der Waals surface area contributed by atoms with Gasteiger partial charge in [0.25, 0.3) is 11.8 Å². The normalized spacial score (nSPS) is 19.8. The standard InChI is InChI=1S/C18H18N2O6/c1-11-9-20(10-15(26-11)18(23)24)17(22)12-4-2-5-13(8-12)19-16(21)14-6-3-7-25-14/h2-8,11,15H,9-10H2,1H3,(H,19,21)(H,23,24)/t11-,15-/m1/s1. The van der Waals surface area contributed by atoms with E-state index in [-0.39, 0.29) is 24.3 Å². The van der Waals surface area contributed by atoms with Gasteiger partial charge in [-0.1, -0.05) is 6.07 Å². The Morgan fingerprint density at radius 2 is 2.00 bits per heavy atom. The Labute approximate surface area is 149 Å². The fourth-order valence-electron chi connectivity index (χ4n) is 2.77. The van der Waals surface area contributed by atoms with E-state index < -0.39 is 18.0 Å². The van der Waals surface area contributed by atoms with Crippen LogP contribution in [0.15, 0.2) is 47.1 Å². The number of carbonyl (C=O) groups is 3. The molecule has 2 atom stereocenters. The number of nitrogens with zero attached hydrogens (tertiary/aromatic N) is 1. The molecule has 8 heteroatoms. The molecule has 26 heavy (non-hydrogen) atoms. The molecule has 0 saturated carbocycles. The number of carbonyl (C=O) groups excluding carboxylic acids is 2. The number of amides is 2. The molecular weight excluding hydrogens is 340 g/mol. The number of aliphatic carboxylic acids is 1.